The van der Waals surface area contributed by atoms with Crippen LogP contribution in [0, 0.1) is 0 Å². The van der Waals surface area contributed by atoms with Crippen LogP contribution in [0.1, 0.15) is 12.8 Å². The third-order valence-electron chi connectivity index (χ3n) is 0.806. The first kappa shape index (κ1) is 4.43. The zero-order valence-corrected chi connectivity index (χ0v) is 3.92. The molecule has 0 aromatic carbocycles. The fraction of sp³-hybridized carbons (Fsp3) is 0.750. The molecule has 0 fully saturated rings. The van der Waals surface area contributed by atoms with Gasteiger partial charge in [-0.2, -0.15) is 0 Å². The van der Waals surface area contributed by atoms with Gasteiger partial charge in [0.1, 0.15) is 6.61 Å². The SMILES string of the molecule is OC1=NOCCC1. The molecule has 0 amide bonds. The molecule has 7 heavy (non-hydrogen) atoms. The molecule has 0 saturated heterocycles. The van der Waals surface area contributed by atoms with Crippen molar-refractivity contribution < 1.29 is 9.94 Å². The quantitative estimate of drug-likeness (QED) is 0.487. The zero-order chi connectivity index (χ0) is 5.11. The molecule has 1 heterocycles. The molecule has 1 rings (SSSR count). The number of oxime groups is 1. The average molecular weight is 101 g/mol. The predicted molar refractivity (Wildman–Crippen MR) is 25.2 cm³/mol. The van der Waals surface area contributed by atoms with Crippen molar-refractivity contribution in [3.05, 3.63) is 0 Å². The van der Waals surface area contributed by atoms with Gasteiger partial charge in [-0.1, -0.05) is 5.16 Å². The summed E-state index contributed by atoms with van der Waals surface area (Å²) in [7, 11) is 0. The first-order valence-electron chi connectivity index (χ1n) is 2.27. The maximum atomic E-state index is 8.53. The van der Waals surface area contributed by atoms with Crippen molar-refractivity contribution >= 4 is 5.90 Å². The highest BCUT2D eigenvalue weighted by Crippen LogP contribution is 1.98. The van der Waals surface area contributed by atoms with Crippen molar-refractivity contribution in [1.82, 2.24) is 0 Å². The Labute approximate surface area is 41.6 Å². The van der Waals surface area contributed by atoms with E-state index in [-0.39, 0.29) is 5.90 Å². The number of nitrogens with zero attached hydrogens (tertiary/aromatic N) is 1. The topological polar surface area (TPSA) is 41.8 Å². The van der Waals surface area contributed by atoms with Crippen LogP contribution in [0.3, 0.4) is 0 Å². The third-order valence-corrected chi connectivity index (χ3v) is 0.806. The van der Waals surface area contributed by atoms with E-state index < -0.39 is 0 Å². The van der Waals surface area contributed by atoms with Crippen molar-refractivity contribution in [1.29, 1.82) is 0 Å². The van der Waals surface area contributed by atoms with Crippen LogP contribution in [-0.2, 0) is 4.84 Å². The summed E-state index contributed by atoms with van der Waals surface area (Å²) in [5.74, 6) is 0.117. The van der Waals surface area contributed by atoms with E-state index in [0.29, 0.717) is 13.0 Å². The van der Waals surface area contributed by atoms with E-state index >= 15 is 0 Å². The summed E-state index contributed by atoms with van der Waals surface area (Å²) in [5.41, 5.74) is 0. The van der Waals surface area contributed by atoms with Crippen molar-refractivity contribution in [2.75, 3.05) is 6.61 Å². The Morgan fingerprint density at radius 2 is 2.57 bits per heavy atom. The summed E-state index contributed by atoms with van der Waals surface area (Å²) < 4.78 is 0. The van der Waals surface area contributed by atoms with Gasteiger partial charge in [0.25, 0.3) is 0 Å². The molecule has 0 radical (unpaired) electrons. The molecule has 0 bridgehead atoms. The van der Waals surface area contributed by atoms with E-state index in [0.717, 1.165) is 6.42 Å². The fourth-order valence-electron chi connectivity index (χ4n) is 0.461. The summed E-state index contributed by atoms with van der Waals surface area (Å²) >= 11 is 0. The van der Waals surface area contributed by atoms with Crippen LogP contribution in [0.25, 0.3) is 0 Å². The minimum absolute atomic E-state index is 0.117. The molecule has 3 heteroatoms. The van der Waals surface area contributed by atoms with Crippen molar-refractivity contribution in [2.45, 2.75) is 12.8 Å². The summed E-state index contributed by atoms with van der Waals surface area (Å²) in [6, 6.07) is 0. The smallest absolute Gasteiger partial charge is 0.223 e. The third kappa shape index (κ3) is 1.07. The van der Waals surface area contributed by atoms with Gasteiger partial charge in [0, 0.05) is 6.42 Å². The Bertz CT molecular complexity index is 89.7. The maximum absolute atomic E-state index is 8.53. The van der Waals surface area contributed by atoms with E-state index in [4.69, 9.17) is 5.11 Å². The lowest BCUT2D eigenvalue weighted by Crippen LogP contribution is -2.05. The Morgan fingerprint density at radius 1 is 1.71 bits per heavy atom. The molecule has 0 spiro atoms. The maximum Gasteiger partial charge on any atom is 0.223 e. The fourth-order valence-corrected chi connectivity index (χ4v) is 0.461. The molecular weight excluding hydrogens is 94.0 g/mol. The molecule has 1 aliphatic heterocycles. The van der Waals surface area contributed by atoms with Gasteiger partial charge >= 0.3 is 0 Å². The molecule has 0 unspecified atom stereocenters. The Kier molecular flexibility index (Phi) is 1.15. The molecular formula is C4H7NO2. The van der Waals surface area contributed by atoms with E-state index in [2.05, 4.69) is 9.99 Å². The largest absolute Gasteiger partial charge is 0.494 e. The van der Waals surface area contributed by atoms with Gasteiger partial charge in [0.2, 0.25) is 5.90 Å². The van der Waals surface area contributed by atoms with E-state index in [1.54, 1.807) is 0 Å². The van der Waals surface area contributed by atoms with Gasteiger partial charge in [0.05, 0.1) is 0 Å². The first-order chi connectivity index (χ1) is 3.39. The van der Waals surface area contributed by atoms with Crippen LogP contribution >= 0.6 is 0 Å². The van der Waals surface area contributed by atoms with Gasteiger partial charge in [-0.05, 0) is 6.42 Å². The lowest BCUT2D eigenvalue weighted by molar-refractivity contribution is 0.121. The highest BCUT2D eigenvalue weighted by Gasteiger charge is 2.00. The normalized spacial score (nSPS) is 20.3. The minimum atomic E-state index is 0.117. The monoisotopic (exact) mass is 101 g/mol. The zero-order valence-electron chi connectivity index (χ0n) is 3.92. The number of aliphatic hydroxyl groups excluding tert-OH is 1. The van der Waals surface area contributed by atoms with E-state index in [1.165, 1.54) is 0 Å². The first-order valence-corrected chi connectivity index (χ1v) is 2.27. The molecule has 1 N–H and O–H groups in total. The van der Waals surface area contributed by atoms with Crippen LogP contribution in [0.2, 0.25) is 0 Å². The summed E-state index contributed by atoms with van der Waals surface area (Å²) in [6.07, 6.45) is 1.55. The molecule has 40 valence electrons. The van der Waals surface area contributed by atoms with Crippen LogP contribution in [0.15, 0.2) is 5.16 Å². The molecule has 0 aromatic rings. The van der Waals surface area contributed by atoms with Gasteiger partial charge in [0.15, 0.2) is 0 Å². The van der Waals surface area contributed by atoms with Gasteiger partial charge in [-0.15, -0.1) is 0 Å². The number of rotatable bonds is 0. The van der Waals surface area contributed by atoms with E-state index in [1.807, 2.05) is 0 Å². The van der Waals surface area contributed by atoms with Crippen LogP contribution in [0.5, 0.6) is 0 Å². The summed E-state index contributed by atoms with van der Waals surface area (Å²) in [5, 5.41) is 11.8. The summed E-state index contributed by atoms with van der Waals surface area (Å²) in [6.45, 7) is 0.643. The molecule has 1 aliphatic rings. The van der Waals surface area contributed by atoms with E-state index in [9.17, 15) is 0 Å². The lowest BCUT2D eigenvalue weighted by atomic mass is 10.3. The molecule has 0 aliphatic carbocycles. The molecule has 3 nitrogen and oxygen atoms in total. The Morgan fingerprint density at radius 3 is 2.86 bits per heavy atom. The second kappa shape index (κ2) is 1.82. The Hall–Kier alpha value is -0.730. The lowest BCUT2D eigenvalue weighted by Gasteiger charge is -2.04. The van der Waals surface area contributed by atoms with Gasteiger partial charge in [-0.3, -0.25) is 0 Å². The summed E-state index contributed by atoms with van der Waals surface area (Å²) in [4.78, 5) is 4.52. The van der Waals surface area contributed by atoms with Gasteiger partial charge in [-0.25, -0.2) is 0 Å². The highest BCUT2D eigenvalue weighted by molar-refractivity contribution is 5.73. The van der Waals surface area contributed by atoms with Crippen LogP contribution in [-0.4, -0.2) is 17.6 Å². The van der Waals surface area contributed by atoms with Crippen molar-refractivity contribution in [3.8, 4) is 0 Å². The average Bonchev–Trinajstić information content (AvgIpc) is 1.69. The second-order valence-electron chi connectivity index (χ2n) is 1.44. The van der Waals surface area contributed by atoms with Crippen LogP contribution < -0.4 is 0 Å². The number of aliphatic hydroxyl groups is 1. The predicted octanol–water partition coefficient (Wildman–Crippen LogP) is 0.668. The van der Waals surface area contributed by atoms with Crippen molar-refractivity contribution in [2.24, 2.45) is 5.16 Å². The highest BCUT2D eigenvalue weighted by atomic mass is 16.6. The number of hydrogen-bond donors (Lipinski definition) is 1. The molecule has 0 atom stereocenters. The minimum Gasteiger partial charge on any atom is -0.494 e. The Balaban J connectivity index is 2.40. The van der Waals surface area contributed by atoms with Gasteiger partial charge < -0.3 is 9.94 Å². The van der Waals surface area contributed by atoms with Crippen molar-refractivity contribution in [3.63, 3.8) is 0 Å². The molecule has 0 saturated carbocycles. The molecule has 0 aromatic heterocycles. The van der Waals surface area contributed by atoms with Crippen LogP contribution in [0.4, 0.5) is 0 Å². The standard InChI is InChI=1S/C4H7NO2/c6-4-2-1-3-7-5-4/h1-3H2,(H,5,6). The number of hydrogen-bond acceptors (Lipinski definition) is 2. The second-order valence-corrected chi connectivity index (χ2v) is 1.44.